The molecule has 0 spiro atoms. The summed E-state index contributed by atoms with van der Waals surface area (Å²) in [6.07, 6.45) is 0. The number of thiazole rings is 1. The molecule has 0 radical (unpaired) electrons. The van der Waals surface area contributed by atoms with Crippen LogP contribution in [0, 0.1) is 0 Å². The number of rotatable bonds is 2. The Hall–Kier alpha value is -2.79. The molecule has 0 aliphatic heterocycles. The molecule has 4 rings (SSSR count). The highest BCUT2D eigenvalue weighted by molar-refractivity contribution is 7.15. The molecule has 0 bridgehead atoms. The van der Waals surface area contributed by atoms with E-state index in [9.17, 15) is 4.79 Å². The van der Waals surface area contributed by atoms with Crippen LogP contribution in [0.15, 0.2) is 70.8 Å². The molecule has 0 amide bonds. The minimum Gasteiger partial charge on any atom is -0.266 e. The molecule has 0 aliphatic carbocycles. The van der Waals surface area contributed by atoms with Crippen LogP contribution in [0.5, 0.6) is 0 Å². The summed E-state index contributed by atoms with van der Waals surface area (Å²) in [5.41, 5.74) is 2.84. The molecule has 0 saturated carbocycles. The summed E-state index contributed by atoms with van der Waals surface area (Å²) in [6.45, 7) is 0. The SMILES string of the molecule is O=c1c(-c2ccccc2)nnc2scc(-c3ccccc3)n12. The number of benzene rings is 2. The van der Waals surface area contributed by atoms with Crippen molar-refractivity contribution in [3.8, 4) is 22.5 Å². The highest BCUT2D eigenvalue weighted by Crippen LogP contribution is 2.24. The fourth-order valence-corrected chi connectivity index (χ4v) is 3.24. The molecule has 2 aromatic carbocycles. The Morgan fingerprint density at radius 1 is 0.818 bits per heavy atom. The van der Waals surface area contributed by atoms with Crippen LogP contribution in [0.1, 0.15) is 0 Å². The summed E-state index contributed by atoms with van der Waals surface area (Å²) >= 11 is 1.42. The van der Waals surface area contributed by atoms with Gasteiger partial charge in [0.1, 0.15) is 0 Å². The predicted octanol–water partition coefficient (Wildman–Crippen LogP) is 3.49. The van der Waals surface area contributed by atoms with Gasteiger partial charge in [0, 0.05) is 10.9 Å². The smallest absolute Gasteiger partial charge is 0.266 e. The lowest BCUT2D eigenvalue weighted by molar-refractivity contribution is 0.967. The van der Waals surface area contributed by atoms with Crippen molar-refractivity contribution < 1.29 is 0 Å². The zero-order valence-corrected chi connectivity index (χ0v) is 12.3. The normalized spacial score (nSPS) is 10.9. The van der Waals surface area contributed by atoms with Crippen LogP contribution in [-0.4, -0.2) is 14.6 Å². The van der Waals surface area contributed by atoms with Gasteiger partial charge >= 0.3 is 0 Å². The van der Waals surface area contributed by atoms with E-state index in [1.54, 1.807) is 4.40 Å². The largest absolute Gasteiger partial charge is 0.285 e. The molecule has 22 heavy (non-hydrogen) atoms. The maximum Gasteiger partial charge on any atom is 0.285 e. The minimum absolute atomic E-state index is 0.142. The number of aromatic nitrogens is 3. The molecule has 0 unspecified atom stereocenters. The number of nitrogens with zero attached hydrogens (tertiary/aromatic N) is 3. The third kappa shape index (κ3) is 2.03. The molecule has 0 N–H and O–H groups in total. The first kappa shape index (κ1) is 12.9. The van der Waals surface area contributed by atoms with Gasteiger partial charge in [-0.2, -0.15) is 0 Å². The van der Waals surface area contributed by atoms with Gasteiger partial charge in [-0.3, -0.25) is 4.79 Å². The van der Waals surface area contributed by atoms with Gasteiger partial charge in [-0.15, -0.1) is 21.5 Å². The van der Waals surface area contributed by atoms with Crippen molar-refractivity contribution in [3.63, 3.8) is 0 Å². The monoisotopic (exact) mass is 305 g/mol. The number of fused-ring (bicyclic) bond motifs is 1. The van der Waals surface area contributed by atoms with E-state index in [1.807, 2.05) is 66.0 Å². The van der Waals surface area contributed by atoms with Gasteiger partial charge in [0.2, 0.25) is 4.96 Å². The summed E-state index contributed by atoms with van der Waals surface area (Å²) in [6, 6.07) is 19.2. The average Bonchev–Trinajstić information content (AvgIpc) is 3.02. The molecule has 2 heterocycles. The maximum absolute atomic E-state index is 12.9. The molecule has 4 aromatic rings. The lowest BCUT2D eigenvalue weighted by Gasteiger charge is -2.03. The lowest BCUT2D eigenvalue weighted by atomic mass is 10.1. The van der Waals surface area contributed by atoms with E-state index in [-0.39, 0.29) is 5.56 Å². The van der Waals surface area contributed by atoms with Crippen molar-refractivity contribution in [1.82, 2.24) is 14.6 Å². The van der Waals surface area contributed by atoms with E-state index >= 15 is 0 Å². The minimum atomic E-state index is -0.142. The summed E-state index contributed by atoms with van der Waals surface area (Å²) in [5, 5.41) is 10.2. The fraction of sp³-hybridized carbons (Fsp3) is 0. The summed E-state index contributed by atoms with van der Waals surface area (Å²) in [7, 11) is 0. The third-order valence-corrected chi connectivity index (χ3v) is 4.28. The molecule has 4 nitrogen and oxygen atoms in total. The van der Waals surface area contributed by atoms with Crippen LogP contribution in [0.3, 0.4) is 0 Å². The lowest BCUT2D eigenvalue weighted by Crippen LogP contribution is -2.18. The van der Waals surface area contributed by atoms with E-state index in [0.717, 1.165) is 16.8 Å². The molecule has 106 valence electrons. The Kier molecular flexibility index (Phi) is 3.05. The first-order valence-corrected chi connectivity index (χ1v) is 7.70. The third-order valence-electron chi connectivity index (χ3n) is 3.47. The van der Waals surface area contributed by atoms with Crippen molar-refractivity contribution in [3.05, 3.63) is 76.4 Å². The highest BCUT2D eigenvalue weighted by atomic mass is 32.1. The molecule has 0 aliphatic rings. The van der Waals surface area contributed by atoms with Gasteiger partial charge in [-0.1, -0.05) is 60.7 Å². The Morgan fingerprint density at radius 3 is 2.14 bits per heavy atom. The highest BCUT2D eigenvalue weighted by Gasteiger charge is 2.14. The van der Waals surface area contributed by atoms with Crippen molar-refractivity contribution >= 4 is 16.3 Å². The Labute approximate surface area is 130 Å². The van der Waals surface area contributed by atoms with Crippen molar-refractivity contribution in [2.45, 2.75) is 0 Å². The summed E-state index contributed by atoms with van der Waals surface area (Å²) < 4.78 is 1.63. The summed E-state index contributed by atoms with van der Waals surface area (Å²) in [5.74, 6) is 0. The first-order chi connectivity index (χ1) is 10.8. The van der Waals surface area contributed by atoms with Gasteiger partial charge in [-0.25, -0.2) is 4.40 Å². The second-order valence-electron chi connectivity index (χ2n) is 4.82. The molecule has 5 heteroatoms. The Bertz CT molecular complexity index is 991. The van der Waals surface area contributed by atoms with Crippen LogP contribution in [0.4, 0.5) is 0 Å². The predicted molar refractivity (Wildman–Crippen MR) is 88.0 cm³/mol. The molecular formula is C17H11N3OS. The van der Waals surface area contributed by atoms with Crippen molar-refractivity contribution in [1.29, 1.82) is 0 Å². The number of hydrogen-bond acceptors (Lipinski definition) is 4. The Morgan fingerprint density at radius 2 is 1.45 bits per heavy atom. The fourth-order valence-electron chi connectivity index (χ4n) is 2.41. The van der Waals surface area contributed by atoms with Crippen molar-refractivity contribution in [2.24, 2.45) is 0 Å². The van der Waals surface area contributed by atoms with E-state index in [0.29, 0.717) is 10.7 Å². The summed E-state index contributed by atoms with van der Waals surface area (Å²) in [4.78, 5) is 13.5. The van der Waals surface area contributed by atoms with Gasteiger partial charge in [-0.05, 0) is 5.56 Å². The molecule has 0 fully saturated rings. The van der Waals surface area contributed by atoms with E-state index in [2.05, 4.69) is 10.2 Å². The van der Waals surface area contributed by atoms with Crippen LogP contribution in [0.25, 0.3) is 27.5 Å². The Balaban J connectivity index is 2.01. The average molecular weight is 305 g/mol. The van der Waals surface area contributed by atoms with E-state index in [1.165, 1.54) is 11.3 Å². The second kappa shape index (κ2) is 5.20. The van der Waals surface area contributed by atoms with E-state index in [4.69, 9.17) is 0 Å². The quantitative estimate of drug-likeness (QED) is 0.569. The first-order valence-electron chi connectivity index (χ1n) is 6.82. The molecule has 0 saturated heterocycles. The van der Waals surface area contributed by atoms with Crippen molar-refractivity contribution in [2.75, 3.05) is 0 Å². The molecule has 2 aromatic heterocycles. The van der Waals surface area contributed by atoms with Crippen LogP contribution < -0.4 is 5.56 Å². The van der Waals surface area contributed by atoms with Gasteiger partial charge in [0.15, 0.2) is 5.69 Å². The van der Waals surface area contributed by atoms with Gasteiger partial charge < -0.3 is 0 Å². The second-order valence-corrected chi connectivity index (χ2v) is 5.66. The molecule has 0 atom stereocenters. The standard InChI is InChI=1S/C17H11N3OS/c21-16-15(13-9-5-2-6-10-13)18-19-17-20(16)14(11-22-17)12-7-3-1-4-8-12/h1-11H. The zero-order chi connectivity index (χ0) is 14.9. The van der Waals surface area contributed by atoms with Crippen LogP contribution in [-0.2, 0) is 0 Å². The van der Waals surface area contributed by atoms with Gasteiger partial charge in [0.25, 0.3) is 5.56 Å². The van der Waals surface area contributed by atoms with Crippen LogP contribution >= 0.6 is 11.3 Å². The molecular weight excluding hydrogens is 294 g/mol. The van der Waals surface area contributed by atoms with Crippen LogP contribution in [0.2, 0.25) is 0 Å². The zero-order valence-electron chi connectivity index (χ0n) is 11.5. The maximum atomic E-state index is 12.9. The number of hydrogen-bond donors (Lipinski definition) is 0. The van der Waals surface area contributed by atoms with E-state index < -0.39 is 0 Å². The topological polar surface area (TPSA) is 47.3 Å². The van der Waals surface area contributed by atoms with Gasteiger partial charge in [0.05, 0.1) is 5.69 Å².